The Hall–Kier alpha value is -0.410. The summed E-state index contributed by atoms with van der Waals surface area (Å²) in [5, 5.41) is 0. The summed E-state index contributed by atoms with van der Waals surface area (Å²) < 4.78 is 0. The van der Waals surface area contributed by atoms with Gasteiger partial charge in [0.25, 0.3) is 0 Å². The standard InChI is InChI=1S/C11H22N2O/c1-11(13(4)5)8-6-7-9(10(11)14)12(2)3/h9H,6-8H2,1-5H3. The van der Waals surface area contributed by atoms with Crippen molar-refractivity contribution in [1.82, 2.24) is 9.80 Å². The Labute approximate surface area is 87.1 Å². The number of nitrogens with zero attached hydrogens (tertiary/aromatic N) is 2. The summed E-state index contributed by atoms with van der Waals surface area (Å²) in [5.41, 5.74) is -0.257. The summed E-state index contributed by atoms with van der Waals surface area (Å²) in [6, 6.07) is 0.108. The average molecular weight is 198 g/mol. The monoisotopic (exact) mass is 198 g/mol. The lowest BCUT2D eigenvalue weighted by Crippen LogP contribution is -2.58. The van der Waals surface area contributed by atoms with E-state index in [1.807, 2.05) is 33.1 Å². The molecule has 0 saturated heterocycles. The van der Waals surface area contributed by atoms with Crippen molar-refractivity contribution in [2.45, 2.75) is 37.8 Å². The van der Waals surface area contributed by atoms with E-state index in [1.54, 1.807) is 0 Å². The highest BCUT2D eigenvalue weighted by molar-refractivity contribution is 5.93. The molecule has 0 aromatic carbocycles. The predicted molar refractivity (Wildman–Crippen MR) is 58.4 cm³/mol. The van der Waals surface area contributed by atoms with Crippen LogP contribution >= 0.6 is 0 Å². The second-order valence-electron chi connectivity index (χ2n) is 4.90. The lowest BCUT2D eigenvalue weighted by atomic mass is 9.78. The maximum atomic E-state index is 12.2. The molecule has 1 aliphatic rings. The number of Topliss-reactive ketones (excluding diaryl/α,β-unsaturated/α-hetero) is 1. The van der Waals surface area contributed by atoms with E-state index in [-0.39, 0.29) is 11.6 Å². The number of hydrogen-bond donors (Lipinski definition) is 0. The molecule has 0 aromatic heterocycles. The molecular weight excluding hydrogens is 176 g/mol. The molecule has 1 fully saturated rings. The fourth-order valence-electron chi connectivity index (χ4n) is 2.19. The molecule has 0 amide bonds. The quantitative estimate of drug-likeness (QED) is 0.661. The fourth-order valence-corrected chi connectivity index (χ4v) is 2.19. The topological polar surface area (TPSA) is 23.6 Å². The van der Waals surface area contributed by atoms with Crippen LogP contribution in [0.4, 0.5) is 0 Å². The zero-order valence-corrected chi connectivity index (χ0v) is 10.0. The van der Waals surface area contributed by atoms with Gasteiger partial charge in [0.1, 0.15) is 0 Å². The van der Waals surface area contributed by atoms with Crippen LogP contribution in [0.25, 0.3) is 0 Å². The minimum absolute atomic E-state index is 0.108. The maximum absolute atomic E-state index is 12.2. The largest absolute Gasteiger partial charge is 0.300 e. The Balaban J connectivity index is 2.86. The first-order valence-corrected chi connectivity index (χ1v) is 5.28. The molecule has 0 spiro atoms. The van der Waals surface area contributed by atoms with Crippen molar-refractivity contribution < 1.29 is 4.79 Å². The summed E-state index contributed by atoms with van der Waals surface area (Å²) in [4.78, 5) is 16.4. The number of hydrogen-bond acceptors (Lipinski definition) is 3. The van der Waals surface area contributed by atoms with E-state index < -0.39 is 0 Å². The summed E-state index contributed by atoms with van der Waals surface area (Å²) in [7, 11) is 7.97. The second kappa shape index (κ2) is 3.99. The van der Waals surface area contributed by atoms with Crippen LogP contribution in [0.3, 0.4) is 0 Å². The third-order valence-corrected chi connectivity index (χ3v) is 3.59. The van der Waals surface area contributed by atoms with Gasteiger partial charge < -0.3 is 0 Å². The van der Waals surface area contributed by atoms with Gasteiger partial charge in [-0.25, -0.2) is 0 Å². The first-order valence-electron chi connectivity index (χ1n) is 5.28. The molecule has 14 heavy (non-hydrogen) atoms. The molecule has 0 aromatic rings. The van der Waals surface area contributed by atoms with Crippen molar-refractivity contribution in [2.75, 3.05) is 28.2 Å². The van der Waals surface area contributed by atoms with Crippen LogP contribution in [0.5, 0.6) is 0 Å². The molecular formula is C11H22N2O. The van der Waals surface area contributed by atoms with Crippen molar-refractivity contribution in [3.8, 4) is 0 Å². The first-order chi connectivity index (χ1) is 6.39. The summed E-state index contributed by atoms with van der Waals surface area (Å²) in [6.07, 6.45) is 3.14. The third-order valence-electron chi connectivity index (χ3n) is 3.59. The number of rotatable bonds is 2. The van der Waals surface area contributed by atoms with Gasteiger partial charge in [-0.1, -0.05) is 0 Å². The van der Waals surface area contributed by atoms with Crippen LogP contribution in [0, 0.1) is 0 Å². The van der Waals surface area contributed by atoms with Gasteiger partial charge >= 0.3 is 0 Å². The zero-order valence-electron chi connectivity index (χ0n) is 10.0. The normalized spacial score (nSPS) is 34.2. The number of carbonyl (C=O) groups excluding carboxylic acids is 1. The van der Waals surface area contributed by atoms with Gasteiger partial charge in [-0.2, -0.15) is 0 Å². The highest BCUT2D eigenvalue weighted by Crippen LogP contribution is 2.30. The van der Waals surface area contributed by atoms with Gasteiger partial charge in [0.05, 0.1) is 11.6 Å². The van der Waals surface area contributed by atoms with Crippen LogP contribution in [-0.4, -0.2) is 55.4 Å². The van der Waals surface area contributed by atoms with Crippen molar-refractivity contribution in [3.05, 3.63) is 0 Å². The van der Waals surface area contributed by atoms with E-state index in [9.17, 15) is 4.79 Å². The van der Waals surface area contributed by atoms with Gasteiger partial charge in [0.2, 0.25) is 0 Å². The van der Waals surface area contributed by atoms with E-state index in [0.717, 1.165) is 19.3 Å². The van der Waals surface area contributed by atoms with Crippen LogP contribution in [0.1, 0.15) is 26.2 Å². The molecule has 2 atom stereocenters. The molecule has 1 saturated carbocycles. The third kappa shape index (κ3) is 1.84. The molecule has 0 radical (unpaired) electrons. The molecule has 82 valence electrons. The molecule has 0 bridgehead atoms. The van der Waals surface area contributed by atoms with Crippen molar-refractivity contribution in [1.29, 1.82) is 0 Å². The fraction of sp³-hybridized carbons (Fsp3) is 0.909. The maximum Gasteiger partial charge on any atom is 0.169 e. The Morgan fingerprint density at radius 3 is 2.29 bits per heavy atom. The molecule has 3 nitrogen and oxygen atoms in total. The second-order valence-corrected chi connectivity index (χ2v) is 4.90. The zero-order chi connectivity index (χ0) is 10.9. The van der Waals surface area contributed by atoms with Crippen molar-refractivity contribution in [2.24, 2.45) is 0 Å². The lowest BCUT2D eigenvalue weighted by Gasteiger charge is -2.43. The first kappa shape index (κ1) is 11.7. The predicted octanol–water partition coefficient (Wildman–Crippen LogP) is 0.990. The molecule has 1 rings (SSSR count). The Kier molecular flexibility index (Phi) is 3.32. The Morgan fingerprint density at radius 1 is 1.29 bits per heavy atom. The van der Waals surface area contributed by atoms with Crippen LogP contribution in [0.2, 0.25) is 0 Å². The van der Waals surface area contributed by atoms with Gasteiger partial charge in [-0.3, -0.25) is 14.6 Å². The van der Waals surface area contributed by atoms with Gasteiger partial charge in [0, 0.05) is 0 Å². The highest BCUT2D eigenvalue weighted by Gasteiger charge is 2.43. The summed E-state index contributed by atoms with van der Waals surface area (Å²) in [5.74, 6) is 0.374. The minimum Gasteiger partial charge on any atom is -0.300 e. The van der Waals surface area contributed by atoms with Gasteiger partial charge in [-0.15, -0.1) is 0 Å². The van der Waals surface area contributed by atoms with E-state index in [1.165, 1.54) is 0 Å². The van der Waals surface area contributed by atoms with Crippen molar-refractivity contribution in [3.63, 3.8) is 0 Å². The van der Waals surface area contributed by atoms with Crippen molar-refractivity contribution >= 4 is 5.78 Å². The van der Waals surface area contributed by atoms with Crippen LogP contribution in [-0.2, 0) is 4.79 Å². The SMILES string of the molecule is CN(C)C1CCCC(C)(N(C)C)C1=O. The summed E-state index contributed by atoms with van der Waals surface area (Å²) in [6.45, 7) is 2.06. The molecule has 1 aliphatic carbocycles. The van der Waals surface area contributed by atoms with Gasteiger partial charge in [0.15, 0.2) is 5.78 Å². The Bertz CT molecular complexity index is 225. The van der Waals surface area contributed by atoms with E-state index >= 15 is 0 Å². The highest BCUT2D eigenvalue weighted by atomic mass is 16.1. The number of ketones is 1. The minimum atomic E-state index is -0.257. The Morgan fingerprint density at radius 2 is 1.86 bits per heavy atom. The number of likely N-dealkylation sites (N-methyl/N-ethyl adjacent to an activating group) is 2. The van der Waals surface area contributed by atoms with Gasteiger partial charge in [-0.05, 0) is 54.4 Å². The number of carbonyl (C=O) groups is 1. The molecule has 0 aliphatic heterocycles. The molecule has 0 heterocycles. The van der Waals surface area contributed by atoms with E-state index in [0.29, 0.717) is 5.78 Å². The van der Waals surface area contributed by atoms with E-state index in [4.69, 9.17) is 0 Å². The van der Waals surface area contributed by atoms with Crippen LogP contribution < -0.4 is 0 Å². The molecule has 3 heteroatoms. The molecule has 0 N–H and O–H groups in total. The van der Waals surface area contributed by atoms with Crippen LogP contribution in [0.15, 0.2) is 0 Å². The molecule has 2 unspecified atom stereocenters. The van der Waals surface area contributed by atoms with E-state index in [2.05, 4.69) is 11.8 Å². The lowest BCUT2D eigenvalue weighted by molar-refractivity contribution is -0.136. The summed E-state index contributed by atoms with van der Waals surface area (Å²) >= 11 is 0. The smallest absolute Gasteiger partial charge is 0.169 e. The average Bonchev–Trinajstić information content (AvgIpc) is 2.09.